The van der Waals surface area contributed by atoms with Crippen LogP contribution < -0.4 is 0 Å². The average Bonchev–Trinajstić information content (AvgIpc) is 2.00. The molecule has 0 radical (unpaired) electrons. The highest BCUT2D eigenvalue weighted by atomic mass is 16.5. The number of carbonyl (C=O) groups is 1. The van der Waals surface area contributed by atoms with Gasteiger partial charge in [0.2, 0.25) is 0 Å². The molecule has 2 heteroatoms. The van der Waals surface area contributed by atoms with Crippen molar-refractivity contribution in [1.82, 2.24) is 0 Å². The van der Waals surface area contributed by atoms with Gasteiger partial charge in [-0.25, -0.2) is 0 Å². The normalized spacial score (nSPS) is 12.1. The van der Waals surface area contributed by atoms with Gasteiger partial charge in [0.05, 0.1) is 5.60 Å². The predicted molar refractivity (Wildman–Crippen MR) is 54.8 cm³/mol. The third-order valence-corrected chi connectivity index (χ3v) is 2.05. The van der Waals surface area contributed by atoms with Crippen molar-refractivity contribution in [3.8, 4) is 0 Å². The van der Waals surface area contributed by atoms with Crippen LogP contribution in [0.3, 0.4) is 0 Å². The van der Waals surface area contributed by atoms with Gasteiger partial charge in [-0.15, -0.1) is 0 Å². The van der Waals surface area contributed by atoms with Gasteiger partial charge in [0.1, 0.15) is 6.29 Å². The Morgan fingerprint density at radius 2 is 2.00 bits per heavy atom. The van der Waals surface area contributed by atoms with E-state index in [9.17, 15) is 4.79 Å². The molecule has 0 fully saturated rings. The molecule has 0 aromatic rings. The molecule has 2 nitrogen and oxygen atoms in total. The fourth-order valence-corrected chi connectivity index (χ4v) is 1.05. The Kier molecular flexibility index (Phi) is 5.97. The van der Waals surface area contributed by atoms with Crippen molar-refractivity contribution in [3.05, 3.63) is 0 Å². The Balaban J connectivity index is 3.55. The van der Waals surface area contributed by atoms with E-state index in [2.05, 4.69) is 13.8 Å². The summed E-state index contributed by atoms with van der Waals surface area (Å²) < 4.78 is 5.68. The zero-order chi connectivity index (χ0) is 10.3. The van der Waals surface area contributed by atoms with Crippen molar-refractivity contribution < 1.29 is 9.53 Å². The van der Waals surface area contributed by atoms with Crippen molar-refractivity contribution in [2.75, 3.05) is 6.61 Å². The summed E-state index contributed by atoms with van der Waals surface area (Å²) in [6.45, 7) is 9.24. The molecule has 0 saturated heterocycles. The predicted octanol–water partition coefficient (Wildman–Crippen LogP) is 2.81. The lowest BCUT2D eigenvalue weighted by molar-refractivity contribution is -0.109. The first-order valence-corrected chi connectivity index (χ1v) is 5.05. The molecule has 0 heterocycles. The molecule has 0 aliphatic heterocycles. The van der Waals surface area contributed by atoms with Crippen molar-refractivity contribution >= 4 is 6.29 Å². The quantitative estimate of drug-likeness (QED) is 0.571. The van der Waals surface area contributed by atoms with Crippen LogP contribution in [0.2, 0.25) is 0 Å². The van der Waals surface area contributed by atoms with Crippen molar-refractivity contribution in [1.29, 1.82) is 0 Å². The Bertz CT molecular complexity index is 139. The summed E-state index contributed by atoms with van der Waals surface area (Å²) in [6.07, 6.45) is 3.45. The number of hydrogen-bond acceptors (Lipinski definition) is 2. The molecule has 0 N–H and O–H groups in total. The molecule has 0 saturated carbocycles. The van der Waals surface area contributed by atoms with Gasteiger partial charge >= 0.3 is 0 Å². The highest BCUT2D eigenvalue weighted by Crippen LogP contribution is 2.16. The Labute approximate surface area is 81.7 Å². The van der Waals surface area contributed by atoms with Crippen LogP contribution in [0.15, 0.2) is 0 Å². The lowest BCUT2D eigenvalue weighted by atomic mass is 10.0. The minimum absolute atomic E-state index is 0.143. The second-order valence-corrected chi connectivity index (χ2v) is 4.50. The van der Waals surface area contributed by atoms with Crippen LogP contribution in [0.5, 0.6) is 0 Å². The van der Waals surface area contributed by atoms with E-state index in [0.29, 0.717) is 12.3 Å². The van der Waals surface area contributed by atoms with Gasteiger partial charge in [-0.2, -0.15) is 0 Å². The molecule has 0 spiro atoms. The average molecular weight is 186 g/mol. The summed E-state index contributed by atoms with van der Waals surface area (Å²) >= 11 is 0. The standard InChI is InChI=1S/C11H22O2/c1-10(2)6-9-13-11(3,4)7-5-8-12/h8,10H,5-7,9H2,1-4H3. The second-order valence-electron chi connectivity index (χ2n) is 4.50. The Morgan fingerprint density at radius 3 is 2.46 bits per heavy atom. The number of aldehydes is 1. The fraction of sp³-hybridized carbons (Fsp3) is 0.909. The number of rotatable bonds is 7. The highest BCUT2D eigenvalue weighted by Gasteiger charge is 2.17. The van der Waals surface area contributed by atoms with E-state index in [-0.39, 0.29) is 5.60 Å². The van der Waals surface area contributed by atoms with Gasteiger partial charge in [0.25, 0.3) is 0 Å². The summed E-state index contributed by atoms with van der Waals surface area (Å²) in [7, 11) is 0. The minimum Gasteiger partial charge on any atom is -0.376 e. The van der Waals surface area contributed by atoms with Gasteiger partial charge in [0.15, 0.2) is 0 Å². The molecule has 0 aromatic heterocycles. The molecule has 0 rings (SSSR count). The number of hydrogen-bond donors (Lipinski definition) is 0. The third kappa shape index (κ3) is 7.97. The minimum atomic E-state index is -0.143. The van der Waals surface area contributed by atoms with E-state index in [1.807, 2.05) is 13.8 Å². The van der Waals surface area contributed by atoms with E-state index < -0.39 is 0 Å². The van der Waals surface area contributed by atoms with E-state index in [1.165, 1.54) is 0 Å². The largest absolute Gasteiger partial charge is 0.376 e. The monoisotopic (exact) mass is 186 g/mol. The number of ether oxygens (including phenoxy) is 1. The lowest BCUT2D eigenvalue weighted by Gasteiger charge is -2.24. The summed E-state index contributed by atoms with van der Waals surface area (Å²) in [4.78, 5) is 10.2. The summed E-state index contributed by atoms with van der Waals surface area (Å²) in [5.74, 6) is 0.682. The molecule has 78 valence electrons. The van der Waals surface area contributed by atoms with Crippen molar-refractivity contribution in [2.24, 2.45) is 5.92 Å². The van der Waals surface area contributed by atoms with E-state index in [4.69, 9.17) is 4.74 Å². The van der Waals surface area contributed by atoms with Gasteiger partial charge < -0.3 is 9.53 Å². The smallest absolute Gasteiger partial charge is 0.120 e. The maximum absolute atomic E-state index is 10.2. The van der Waals surface area contributed by atoms with Crippen LogP contribution in [-0.2, 0) is 9.53 Å². The van der Waals surface area contributed by atoms with E-state index >= 15 is 0 Å². The summed E-state index contributed by atoms with van der Waals surface area (Å²) in [5, 5.41) is 0. The van der Waals surface area contributed by atoms with Crippen LogP contribution in [0.4, 0.5) is 0 Å². The van der Waals surface area contributed by atoms with Crippen LogP contribution in [0.25, 0.3) is 0 Å². The van der Waals surface area contributed by atoms with E-state index in [0.717, 1.165) is 25.7 Å². The first-order chi connectivity index (χ1) is 5.98. The molecule has 0 aromatic carbocycles. The van der Waals surface area contributed by atoms with Gasteiger partial charge in [-0.05, 0) is 32.6 Å². The molecule has 0 bridgehead atoms. The van der Waals surface area contributed by atoms with Crippen LogP contribution >= 0.6 is 0 Å². The lowest BCUT2D eigenvalue weighted by Crippen LogP contribution is -2.25. The third-order valence-electron chi connectivity index (χ3n) is 2.05. The number of carbonyl (C=O) groups excluding carboxylic acids is 1. The molecule has 13 heavy (non-hydrogen) atoms. The summed E-state index contributed by atoms with van der Waals surface area (Å²) in [6, 6.07) is 0. The first-order valence-electron chi connectivity index (χ1n) is 5.05. The second kappa shape index (κ2) is 6.14. The maximum Gasteiger partial charge on any atom is 0.120 e. The molecule has 0 unspecified atom stereocenters. The van der Waals surface area contributed by atoms with Crippen LogP contribution in [0, 0.1) is 5.92 Å². The van der Waals surface area contributed by atoms with Crippen LogP contribution in [-0.4, -0.2) is 18.5 Å². The molecular formula is C11H22O2. The van der Waals surface area contributed by atoms with E-state index in [1.54, 1.807) is 0 Å². The molecular weight excluding hydrogens is 164 g/mol. The SMILES string of the molecule is CC(C)CCOC(C)(C)CCC=O. The Hall–Kier alpha value is -0.370. The topological polar surface area (TPSA) is 26.3 Å². The zero-order valence-electron chi connectivity index (χ0n) is 9.30. The Morgan fingerprint density at radius 1 is 1.38 bits per heavy atom. The zero-order valence-corrected chi connectivity index (χ0v) is 9.30. The maximum atomic E-state index is 10.2. The molecule has 0 atom stereocenters. The van der Waals surface area contributed by atoms with Gasteiger partial charge in [0, 0.05) is 13.0 Å². The fourth-order valence-electron chi connectivity index (χ4n) is 1.05. The molecule has 0 aliphatic rings. The van der Waals surface area contributed by atoms with Gasteiger partial charge in [-0.1, -0.05) is 13.8 Å². The first kappa shape index (κ1) is 12.6. The highest BCUT2D eigenvalue weighted by molar-refractivity contribution is 5.49. The van der Waals surface area contributed by atoms with Gasteiger partial charge in [-0.3, -0.25) is 0 Å². The van der Waals surface area contributed by atoms with Crippen molar-refractivity contribution in [3.63, 3.8) is 0 Å². The van der Waals surface area contributed by atoms with Crippen molar-refractivity contribution in [2.45, 2.75) is 52.6 Å². The molecule has 0 amide bonds. The summed E-state index contributed by atoms with van der Waals surface area (Å²) in [5.41, 5.74) is -0.143. The molecule has 0 aliphatic carbocycles. The van der Waals surface area contributed by atoms with Crippen LogP contribution in [0.1, 0.15) is 47.0 Å².